The molecule has 3 aromatic rings. The molecule has 1 aromatic carbocycles. The van der Waals surface area contributed by atoms with Crippen LogP contribution in [0.15, 0.2) is 56.9 Å². The Morgan fingerprint density at radius 1 is 1.19 bits per heavy atom. The summed E-state index contributed by atoms with van der Waals surface area (Å²) >= 11 is 0.795. The Hall–Kier alpha value is -3.43. The lowest BCUT2D eigenvalue weighted by atomic mass is 10.2. The molecule has 32 heavy (non-hydrogen) atoms. The van der Waals surface area contributed by atoms with Crippen LogP contribution in [-0.2, 0) is 14.8 Å². The highest BCUT2D eigenvalue weighted by Crippen LogP contribution is 2.28. The molecule has 0 unspecified atom stereocenters. The first-order valence-corrected chi connectivity index (χ1v) is 11.5. The van der Waals surface area contributed by atoms with Crippen LogP contribution >= 0.6 is 11.8 Å². The average molecular weight is 470 g/mol. The molecule has 4 rings (SSSR count). The molecule has 2 aromatic heterocycles. The molecule has 0 saturated carbocycles. The van der Waals surface area contributed by atoms with Crippen molar-refractivity contribution in [3.63, 3.8) is 0 Å². The Morgan fingerprint density at radius 3 is 2.66 bits per heavy atom. The van der Waals surface area contributed by atoms with E-state index in [9.17, 15) is 18.0 Å². The van der Waals surface area contributed by atoms with Crippen molar-refractivity contribution in [3.8, 4) is 11.8 Å². The molecule has 0 spiro atoms. The SMILES string of the molecule is O=C1NC(=O)/C(=C/c2cc3cncc(C#Cc4ccc(S(=O)(=O)NCCO)cc4)c3o2)S1. The average Bonchev–Trinajstić information content (AvgIpc) is 3.33. The number of sulfonamides is 1. The van der Waals surface area contributed by atoms with Gasteiger partial charge in [-0.3, -0.25) is 19.9 Å². The van der Waals surface area contributed by atoms with E-state index in [2.05, 4.69) is 26.9 Å². The minimum absolute atomic E-state index is 0.0660. The van der Waals surface area contributed by atoms with E-state index in [0.29, 0.717) is 27.9 Å². The van der Waals surface area contributed by atoms with E-state index in [1.54, 1.807) is 24.4 Å². The van der Waals surface area contributed by atoms with Gasteiger partial charge in [0.15, 0.2) is 5.58 Å². The third-order valence-corrected chi connectivity index (χ3v) is 6.55. The highest BCUT2D eigenvalue weighted by Gasteiger charge is 2.25. The summed E-state index contributed by atoms with van der Waals surface area (Å²) in [6.45, 7) is -0.361. The van der Waals surface area contributed by atoms with Crippen molar-refractivity contribution in [2.75, 3.05) is 13.2 Å². The second-order valence-corrected chi connectivity index (χ2v) is 9.28. The summed E-state index contributed by atoms with van der Waals surface area (Å²) < 4.78 is 32.2. The molecule has 3 heterocycles. The van der Waals surface area contributed by atoms with Crippen LogP contribution in [0.5, 0.6) is 0 Å². The highest BCUT2D eigenvalue weighted by atomic mass is 32.2. The third-order valence-electron chi connectivity index (χ3n) is 4.27. The normalized spacial score (nSPS) is 15.1. The zero-order valence-corrected chi connectivity index (χ0v) is 17.9. The molecule has 0 bridgehead atoms. The Bertz CT molecular complexity index is 1410. The molecule has 1 saturated heterocycles. The first-order chi connectivity index (χ1) is 15.4. The minimum Gasteiger partial charge on any atom is -0.455 e. The first kappa shape index (κ1) is 21.8. The summed E-state index contributed by atoms with van der Waals surface area (Å²) in [7, 11) is -3.69. The fourth-order valence-corrected chi connectivity index (χ4v) is 4.50. The van der Waals surface area contributed by atoms with E-state index in [1.807, 2.05) is 0 Å². The predicted octanol–water partition coefficient (Wildman–Crippen LogP) is 1.82. The predicted molar refractivity (Wildman–Crippen MR) is 118 cm³/mol. The number of carbonyl (C=O) groups is 2. The number of furan rings is 1. The van der Waals surface area contributed by atoms with Crippen molar-refractivity contribution >= 4 is 50.0 Å². The number of amides is 2. The number of aliphatic hydroxyl groups excluding tert-OH is 1. The molecule has 162 valence electrons. The lowest BCUT2D eigenvalue weighted by Gasteiger charge is -2.04. The van der Waals surface area contributed by atoms with Crippen LogP contribution in [0, 0.1) is 11.8 Å². The van der Waals surface area contributed by atoms with Gasteiger partial charge in [0, 0.05) is 36.0 Å². The molecule has 0 atom stereocenters. The molecular formula is C21H15N3O6S2. The van der Waals surface area contributed by atoms with Crippen LogP contribution in [0.25, 0.3) is 17.0 Å². The fraction of sp³-hybridized carbons (Fsp3) is 0.0952. The van der Waals surface area contributed by atoms with Crippen molar-refractivity contribution in [3.05, 3.63) is 64.5 Å². The van der Waals surface area contributed by atoms with Crippen LogP contribution in [-0.4, -0.2) is 42.8 Å². The molecule has 11 heteroatoms. The lowest BCUT2D eigenvalue weighted by molar-refractivity contribution is -0.115. The van der Waals surface area contributed by atoms with Crippen LogP contribution in [0.4, 0.5) is 4.79 Å². The highest BCUT2D eigenvalue weighted by molar-refractivity contribution is 8.18. The molecule has 0 radical (unpaired) electrons. The quantitative estimate of drug-likeness (QED) is 0.380. The standard InChI is InChI=1S/C21H15N3O6S2/c25-8-7-23-32(28,29)17-5-2-13(3-6-17)1-4-14-11-22-12-15-9-16(30-19(14)15)10-18-20(26)24-21(27)31-18/h2-3,5-6,9-12,23,25H,7-8H2,(H,24,26,27)/b18-10-. The third kappa shape index (κ3) is 4.74. The van der Waals surface area contributed by atoms with Crippen molar-refractivity contribution < 1.29 is 27.5 Å². The fourth-order valence-electron chi connectivity index (χ4n) is 2.81. The number of nitrogens with one attached hydrogen (secondary N) is 2. The number of fused-ring (bicyclic) bond motifs is 1. The zero-order chi connectivity index (χ0) is 22.7. The molecule has 1 fully saturated rings. The summed E-state index contributed by atoms with van der Waals surface area (Å²) in [6.07, 6.45) is 4.61. The molecular weight excluding hydrogens is 454 g/mol. The topological polar surface area (TPSA) is 139 Å². The number of imide groups is 1. The van der Waals surface area contributed by atoms with Gasteiger partial charge in [-0.15, -0.1) is 0 Å². The molecule has 1 aliphatic rings. The lowest BCUT2D eigenvalue weighted by Crippen LogP contribution is -2.26. The van der Waals surface area contributed by atoms with Gasteiger partial charge in [0.2, 0.25) is 10.0 Å². The second kappa shape index (κ2) is 8.97. The molecule has 2 amide bonds. The number of nitrogens with zero attached hydrogens (tertiary/aromatic N) is 1. The zero-order valence-electron chi connectivity index (χ0n) is 16.3. The Kier molecular flexibility index (Phi) is 6.11. The number of hydrogen-bond acceptors (Lipinski definition) is 8. The van der Waals surface area contributed by atoms with E-state index in [0.717, 1.165) is 11.8 Å². The summed E-state index contributed by atoms with van der Waals surface area (Å²) in [5.74, 6) is 5.80. The van der Waals surface area contributed by atoms with Crippen molar-refractivity contribution in [1.29, 1.82) is 0 Å². The van der Waals surface area contributed by atoms with Gasteiger partial charge in [-0.1, -0.05) is 11.8 Å². The van der Waals surface area contributed by atoms with E-state index >= 15 is 0 Å². The molecule has 1 aliphatic heterocycles. The van der Waals surface area contributed by atoms with Crippen LogP contribution in [0.1, 0.15) is 16.9 Å². The van der Waals surface area contributed by atoms with Gasteiger partial charge in [-0.05, 0) is 42.1 Å². The molecule has 3 N–H and O–H groups in total. The number of aromatic nitrogens is 1. The minimum atomic E-state index is -3.69. The maximum absolute atomic E-state index is 12.1. The van der Waals surface area contributed by atoms with Gasteiger partial charge in [-0.25, -0.2) is 13.1 Å². The van der Waals surface area contributed by atoms with Gasteiger partial charge in [-0.2, -0.15) is 0 Å². The van der Waals surface area contributed by atoms with E-state index < -0.39 is 21.2 Å². The smallest absolute Gasteiger partial charge is 0.290 e. The number of carbonyl (C=O) groups excluding carboxylic acids is 2. The van der Waals surface area contributed by atoms with Crippen molar-refractivity contribution in [2.45, 2.75) is 4.90 Å². The van der Waals surface area contributed by atoms with Crippen molar-refractivity contribution in [2.24, 2.45) is 0 Å². The molecule has 9 nitrogen and oxygen atoms in total. The second-order valence-electron chi connectivity index (χ2n) is 6.50. The number of aliphatic hydroxyl groups is 1. The van der Waals surface area contributed by atoms with Crippen molar-refractivity contribution in [1.82, 2.24) is 15.0 Å². The van der Waals surface area contributed by atoms with Gasteiger partial charge in [0.25, 0.3) is 11.1 Å². The summed E-state index contributed by atoms with van der Waals surface area (Å²) in [5.41, 5.74) is 1.56. The van der Waals surface area contributed by atoms with Gasteiger partial charge >= 0.3 is 0 Å². The Balaban J connectivity index is 1.59. The van der Waals surface area contributed by atoms with Crippen LogP contribution in [0.3, 0.4) is 0 Å². The number of pyridine rings is 1. The summed E-state index contributed by atoms with van der Waals surface area (Å²) in [4.78, 5) is 27.5. The molecule has 0 aliphatic carbocycles. The van der Waals surface area contributed by atoms with E-state index in [-0.39, 0.29) is 23.0 Å². The maximum Gasteiger partial charge on any atom is 0.290 e. The van der Waals surface area contributed by atoms with Gasteiger partial charge < -0.3 is 9.52 Å². The first-order valence-electron chi connectivity index (χ1n) is 9.21. The Morgan fingerprint density at radius 2 is 1.97 bits per heavy atom. The summed E-state index contributed by atoms with van der Waals surface area (Å²) in [6, 6.07) is 7.67. The van der Waals surface area contributed by atoms with E-state index in [1.165, 1.54) is 24.4 Å². The Labute approximate surface area is 187 Å². The van der Waals surface area contributed by atoms with Gasteiger partial charge in [0.1, 0.15) is 5.76 Å². The maximum atomic E-state index is 12.1. The summed E-state index contributed by atoms with van der Waals surface area (Å²) in [5, 5.41) is 11.2. The number of thioether (sulfide) groups is 1. The monoisotopic (exact) mass is 469 g/mol. The number of benzene rings is 1. The van der Waals surface area contributed by atoms with Gasteiger partial charge in [0.05, 0.1) is 22.0 Å². The van der Waals surface area contributed by atoms with E-state index in [4.69, 9.17) is 9.52 Å². The number of hydrogen-bond donors (Lipinski definition) is 3. The largest absolute Gasteiger partial charge is 0.455 e. The van der Waals surface area contributed by atoms with Crippen LogP contribution in [0.2, 0.25) is 0 Å². The van der Waals surface area contributed by atoms with Crippen LogP contribution < -0.4 is 10.0 Å². The number of rotatable bonds is 5.